The molecule has 6 aromatic carbocycles. The molecule has 4 aliphatic rings. The van der Waals surface area contributed by atoms with Gasteiger partial charge in [0.1, 0.15) is 55.1 Å². The predicted octanol–water partition coefficient (Wildman–Crippen LogP) is 14.9. The number of methoxy groups -OCH3 is 2. The number of hydrogen-bond donors (Lipinski definition) is 4. The van der Waals surface area contributed by atoms with E-state index in [9.17, 15) is 34.5 Å². The number of aliphatic imine (C=N–C) groups is 1. The molecule has 2 fully saturated rings. The van der Waals surface area contributed by atoms with Crippen molar-refractivity contribution < 1.29 is 75.0 Å². The summed E-state index contributed by atoms with van der Waals surface area (Å²) in [4.78, 5) is 94.8. The highest BCUT2D eigenvalue weighted by atomic mass is 32.2. The fraction of sp³-hybridized carbons (Fsp3) is 0.388. The summed E-state index contributed by atoms with van der Waals surface area (Å²) in [5.74, 6) is -0.0434. The number of hydrogen-bond acceptors (Lipinski definition) is 26. The van der Waals surface area contributed by atoms with E-state index in [0.29, 0.717) is 28.6 Å². The Kier molecular flexibility index (Phi) is 29.6. The molecule has 13 rings (SSSR count). The summed E-state index contributed by atoms with van der Waals surface area (Å²) >= 11 is 1.55. The van der Waals surface area contributed by atoms with Gasteiger partial charge in [-0.15, -0.1) is 0 Å². The average Bonchev–Trinajstić information content (AvgIpc) is 1.08. The molecule has 0 saturated carbocycles. The van der Waals surface area contributed by atoms with Gasteiger partial charge in [0.2, 0.25) is 11.9 Å². The van der Waals surface area contributed by atoms with Crippen molar-refractivity contribution in [2.75, 3.05) is 95.4 Å². The minimum Gasteiger partial charge on any atom is -0.497 e. The normalized spacial score (nSPS) is 18.4. The van der Waals surface area contributed by atoms with Crippen molar-refractivity contribution in [2.45, 2.75) is 132 Å². The zero-order valence-corrected chi connectivity index (χ0v) is 69.7. The lowest BCUT2D eigenvalue weighted by atomic mass is 9.80. The van der Waals surface area contributed by atoms with Crippen LogP contribution in [0.3, 0.4) is 0 Å². The first-order valence-electron chi connectivity index (χ1n) is 39.1. The highest BCUT2D eigenvalue weighted by Crippen LogP contribution is 2.53. The zero-order valence-electron chi connectivity index (χ0n) is 67.1. The second kappa shape index (κ2) is 40.9. The Morgan fingerprint density at radius 3 is 2.00 bits per heavy atom. The molecule has 0 bridgehead atoms. The van der Waals surface area contributed by atoms with Crippen LogP contribution < -0.4 is 31.0 Å². The molecule has 0 radical (unpaired) electrons. The molecule has 9 atom stereocenters. The number of carbonyl (C=O) groups is 4. The van der Waals surface area contributed by atoms with Crippen molar-refractivity contribution in [3.63, 3.8) is 0 Å². The van der Waals surface area contributed by atoms with Crippen molar-refractivity contribution in [2.24, 2.45) is 4.99 Å². The minimum atomic E-state index is -2.47. The number of aromatic amines is 1. The fourth-order valence-corrected chi connectivity index (χ4v) is 18.0. The molecule has 5 unspecified atom stereocenters. The van der Waals surface area contributed by atoms with E-state index in [4.69, 9.17) is 65.7 Å². The SMILES string of the molecule is COc1ccc(C(OC[C@H]2O[C@@H](C3C=Nc4c3nc(NC(=O)CCCN(C)C(=O)OCC3c5ccccc5-c5ccccc53)[nH]c4=O)CC2OP(OCCC#N)OC[C@H]2O[C@@H](n3cnc4c(NC(=O)c5ccc(NC(=O)OCCSC)cc5)ncnc43)CC2OP(OCCC#N)N(C(C)C)C(C)C)(c2ccccc2)c2ccc(OC)cc2)cc1. The van der Waals surface area contributed by atoms with E-state index < -0.39 is 95.0 Å². The van der Waals surface area contributed by atoms with Crippen molar-refractivity contribution >= 4 is 93.4 Å². The predicted molar refractivity (Wildman–Crippen MR) is 448 cm³/mol. The molecule has 2 saturated heterocycles. The molecule has 0 spiro atoms. The first-order valence-corrected chi connectivity index (χ1v) is 42.7. The number of anilines is 3. The van der Waals surface area contributed by atoms with Gasteiger partial charge in [-0.2, -0.15) is 22.3 Å². The maximum atomic E-state index is 14.1. The summed E-state index contributed by atoms with van der Waals surface area (Å²) in [5, 5.41) is 28.0. The van der Waals surface area contributed by atoms with Gasteiger partial charge in [-0.25, -0.2) is 34.2 Å². The second-order valence-corrected chi connectivity index (χ2v) is 32.5. The Morgan fingerprint density at radius 1 is 0.706 bits per heavy atom. The number of nitrogens with one attached hydrogen (secondary N) is 4. The Labute approximate surface area is 695 Å². The van der Waals surface area contributed by atoms with Crippen LogP contribution in [0.4, 0.5) is 32.7 Å². The van der Waals surface area contributed by atoms with Crippen LogP contribution in [0.5, 0.6) is 11.5 Å². The van der Waals surface area contributed by atoms with Crippen molar-refractivity contribution in [1.29, 1.82) is 10.5 Å². The first kappa shape index (κ1) is 86.2. The molecular weight excluding hydrogens is 1580 g/mol. The number of amides is 4. The van der Waals surface area contributed by atoms with Gasteiger partial charge >= 0.3 is 20.8 Å². The van der Waals surface area contributed by atoms with E-state index in [2.05, 4.69) is 77.0 Å². The number of fused-ring (bicyclic) bond motifs is 5. The number of imidazole rings is 1. The van der Waals surface area contributed by atoms with Gasteiger partial charge in [-0.1, -0.05) is 103 Å². The molecule has 4 N–H and O–H groups in total. The Bertz CT molecular complexity index is 5060. The van der Waals surface area contributed by atoms with E-state index in [1.807, 2.05) is 137 Å². The lowest BCUT2D eigenvalue weighted by Gasteiger charge is -2.37. The number of nitrogens with zero attached hydrogens (tertiary/aromatic N) is 10. The number of carbonyl (C=O) groups excluding carboxylic acids is 4. The molecule has 6 heterocycles. The van der Waals surface area contributed by atoms with E-state index in [-0.39, 0.29) is 137 Å². The number of H-pyrrole nitrogens is 1. The number of nitriles is 2. The minimum absolute atomic E-state index is 0.0145. The number of aromatic nitrogens is 6. The lowest BCUT2D eigenvalue weighted by molar-refractivity contribution is -0.116. The van der Waals surface area contributed by atoms with Gasteiger partial charge in [0.25, 0.3) is 20.0 Å². The molecular formula is C85H94N14O17P2S. The summed E-state index contributed by atoms with van der Waals surface area (Å²) in [7, 11) is 0.454. The quantitative estimate of drug-likeness (QED) is 0.0158. The van der Waals surface area contributed by atoms with Gasteiger partial charge in [0, 0.05) is 74.1 Å². The Morgan fingerprint density at radius 2 is 1.34 bits per heavy atom. The van der Waals surface area contributed by atoms with Crippen LogP contribution >= 0.6 is 28.9 Å². The van der Waals surface area contributed by atoms with Crippen molar-refractivity contribution in [1.82, 2.24) is 39.1 Å². The van der Waals surface area contributed by atoms with E-state index in [1.54, 1.807) is 68.1 Å². The molecule has 31 nitrogen and oxygen atoms in total. The summed E-state index contributed by atoms with van der Waals surface area (Å²) in [5.41, 5.74) is 6.17. The van der Waals surface area contributed by atoms with Crippen molar-refractivity contribution in [3.05, 3.63) is 214 Å². The smallest absolute Gasteiger partial charge is 0.411 e. The molecule has 622 valence electrons. The van der Waals surface area contributed by atoms with Crippen LogP contribution in [-0.4, -0.2) is 191 Å². The molecule has 4 amide bonds. The molecule has 3 aromatic heterocycles. The third kappa shape index (κ3) is 20.6. The highest BCUT2D eigenvalue weighted by Gasteiger charge is 2.49. The van der Waals surface area contributed by atoms with Crippen LogP contribution in [-0.2, 0) is 56.7 Å². The van der Waals surface area contributed by atoms with E-state index in [0.717, 1.165) is 38.9 Å². The average molecular weight is 1680 g/mol. The summed E-state index contributed by atoms with van der Waals surface area (Å²) in [6.45, 7) is 8.25. The van der Waals surface area contributed by atoms with Gasteiger partial charge < -0.3 is 66.0 Å². The van der Waals surface area contributed by atoms with Gasteiger partial charge in [-0.05, 0) is 128 Å². The topological polar surface area (TPSA) is 371 Å². The maximum absolute atomic E-state index is 14.1. The summed E-state index contributed by atoms with van der Waals surface area (Å²) in [6, 6.07) is 51.5. The van der Waals surface area contributed by atoms with Crippen LogP contribution in [0.25, 0.3) is 22.3 Å². The highest BCUT2D eigenvalue weighted by molar-refractivity contribution is 7.98. The Hall–Kier alpha value is -10.7. The van der Waals surface area contributed by atoms with E-state index >= 15 is 0 Å². The number of benzene rings is 6. The number of rotatable bonds is 39. The molecule has 3 aliphatic heterocycles. The third-order valence-electron chi connectivity index (χ3n) is 20.5. The van der Waals surface area contributed by atoms with Crippen LogP contribution in [0.2, 0.25) is 0 Å². The second-order valence-electron chi connectivity index (χ2n) is 28.9. The van der Waals surface area contributed by atoms with Gasteiger partial charge in [-0.3, -0.25) is 39.6 Å². The Balaban J connectivity index is 0.768. The van der Waals surface area contributed by atoms with E-state index in [1.165, 1.54) is 17.6 Å². The van der Waals surface area contributed by atoms with Gasteiger partial charge in [0.15, 0.2) is 22.7 Å². The zero-order chi connectivity index (χ0) is 83.5. The summed E-state index contributed by atoms with van der Waals surface area (Å²) < 4.78 is 82.0. The van der Waals surface area contributed by atoms with Crippen LogP contribution in [0.1, 0.15) is 128 Å². The van der Waals surface area contributed by atoms with Crippen molar-refractivity contribution in [3.8, 4) is 34.8 Å². The maximum Gasteiger partial charge on any atom is 0.411 e. The number of thioether (sulfide) groups is 1. The standard InChI is InChI=1S/C85H94N14O17P2S/c1-53(2)99(54(3)4)117(110-41-17-38-86)115-70-46-74(98-52-91-77-78(89-51-90-79(77)98)95-80(101)55-26-32-59(33-27-55)92-83(103)107-43-44-119-8)114-72(70)50-112-118(111-42-18-39-87)116-69-45-68(113-71(69)49-109-85(56-19-10-9-11-20-56,57-28-34-60(105-6)35-29-57)58-30-36-61(106-7)37-31-58)66-47-88-76-75(66)94-82(96-81(76)102)93-73(100)25-16-40-97(5)84(104)108-48-67-64-23-14-12-21-62(64)63-22-13-15-24-65(63)67/h9-15,19-24,26-37,47,51-54,66-72,74H,16-18,25,40-46,48-50H2,1-8H3,(H,92,103)(H,89,90,95,101)(H2,93,94,96,100,102)/t66?,68-,69?,70?,71-,72-,74-,117?,118?/m1/s1. The van der Waals surface area contributed by atoms with Gasteiger partial charge in [0.05, 0.1) is 102 Å². The fourth-order valence-electron chi connectivity index (χ4n) is 14.8. The summed E-state index contributed by atoms with van der Waals surface area (Å²) in [6.07, 6.45) is 0.427. The first-order chi connectivity index (χ1) is 57.9. The molecule has 34 heteroatoms. The van der Waals surface area contributed by atoms with Crippen LogP contribution in [0, 0.1) is 22.7 Å². The largest absolute Gasteiger partial charge is 0.497 e. The molecule has 9 aromatic rings. The van der Waals surface area contributed by atoms with Crippen LogP contribution in [0.15, 0.2) is 174 Å². The number of ether oxygens (including phenoxy) is 7. The molecule has 119 heavy (non-hydrogen) atoms. The third-order valence-corrected chi connectivity index (χ3v) is 24.5. The monoisotopic (exact) mass is 1680 g/mol. The molecule has 1 aliphatic carbocycles. The lowest BCUT2D eigenvalue weighted by Crippen LogP contribution is -2.38.